The van der Waals surface area contributed by atoms with E-state index in [1.54, 1.807) is 7.11 Å². The number of ether oxygens (including phenoxy) is 1. The molecule has 0 saturated carbocycles. The van der Waals surface area contributed by atoms with Crippen LogP contribution in [0.25, 0.3) is 11.0 Å². The number of imidazole rings is 1. The monoisotopic (exact) mass is 424 g/mol. The topological polar surface area (TPSA) is 70.2 Å². The molecule has 1 fully saturated rings. The van der Waals surface area contributed by atoms with E-state index in [-0.39, 0.29) is 11.9 Å². The molecule has 3 aromatic rings. The number of H-pyrrole nitrogens is 1. The number of nitrogens with one attached hydrogen (secondary N) is 2. The SMILES string of the molecule is COc1cccc(CN2CCC[C@@H](NC(=O)CSc3nc4ccc(C)cc4[nH]3)C2)c1. The van der Waals surface area contributed by atoms with Crippen molar-refractivity contribution in [3.05, 3.63) is 53.6 Å². The molecule has 0 bridgehead atoms. The Balaban J connectivity index is 1.27. The smallest absolute Gasteiger partial charge is 0.230 e. The normalized spacial score (nSPS) is 17.2. The van der Waals surface area contributed by atoms with E-state index in [0.717, 1.165) is 54.4 Å². The zero-order chi connectivity index (χ0) is 20.9. The largest absolute Gasteiger partial charge is 0.497 e. The molecule has 2 heterocycles. The van der Waals surface area contributed by atoms with Crippen LogP contribution in [0.15, 0.2) is 47.6 Å². The van der Waals surface area contributed by atoms with Crippen LogP contribution in [0.3, 0.4) is 0 Å². The summed E-state index contributed by atoms with van der Waals surface area (Å²) >= 11 is 1.45. The third-order valence-corrected chi connectivity index (χ3v) is 6.24. The van der Waals surface area contributed by atoms with E-state index >= 15 is 0 Å². The molecule has 0 aliphatic carbocycles. The van der Waals surface area contributed by atoms with Crippen LogP contribution in [0.5, 0.6) is 5.75 Å². The number of hydrogen-bond donors (Lipinski definition) is 2. The highest BCUT2D eigenvalue weighted by Crippen LogP contribution is 2.21. The van der Waals surface area contributed by atoms with Crippen LogP contribution in [0.4, 0.5) is 0 Å². The Bertz CT molecular complexity index is 1020. The Hall–Kier alpha value is -2.51. The Morgan fingerprint density at radius 3 is 3.10 bits per heavy atom. The number of methoxy groups -OCH3 is 1. The lowest BCUT2D eigenvalue weighted by molar-refractivity contribution is -0.119. The molecule has 1 atom stereocenters. The van der Waals surface area contributed by atoms with E-state index < -0.39 is 0 Å². The number of nitrogens with zero attached hydrogens (tertiary/aromatic N) is 2. The highest BCUT2D eigenvalue weighted by atomic mass is 32.2. The molecule has 0 spiro atoms. The van der Waals surface area contributed by atoms with Gasteiger partial charge in [0.05, 0.1) is 23.9 Å². The van der Waals surface area contributed by atoms with E-state index in [1.165, 1.54) is 22.9 Å². The highest BCUT2D eigenvalue weighted by molar-refractivity contribution is 7.99. The fraction of sp³-hybridized carbons (Fsp3) is 0.391. The lowest BCUT2D eigenvalue weighted by Crippen LogP contribution is -2.47. The van der Waals surface area contributed by atoms with Gasteiger partial charge in [-0.1, -0.05) is 30.0 Å². The van der Waals surface area contributed by atoms with Gasteiger partial charge in [0.15, 0.2) is 5.16 Å². The molecule has 30 heavy (non-hydrogen) atoms. The van der Waals surface area contributed by atoms with Crippen molar-refractivity contribution in [2.75, 3.05) is 26.0 Å². The summed E-state index contributed by atoms with van der Waals surface area (Å²) in [6.07, 6.45) is 2.11. The van der Waals surface area contributed by atoms with Crippen LogP contribution in [-0.4, -0.2) is 52.8 Å². The van der Waals surface area contributed by atoms with Gasteiger partial charge >= 0.3 is 0 Å². The lowest BCUT2D eigenvalue weighted by Gasteiger charge is -2.33. The zero-order valence-corrected chi connectivity index (χ0v) is 18.3. The summed E-state index contributed by atoms with van der Waals surface area (Å²) in [5, 5.41) is 3.99. The Kier molecular flexibility index (Phi) is 6.59. The van der Waals surface area contributed by atoms with Gasteiger partial charge in [-0.2, -0.15) is 0 Å². The van der Waals surface area contributed by atoms with Crippen molar-refractivity contribution in [3.8, 4) is 5.75 Å². The first-order chi connectivity index (χ1) is 14.6. The van der Waals surface area contributed by atoms with Gasteiger partial charge in [0.25, 0.3) is 0 Å². The molecule has 1 aliphatic heterocycles. The lowest BCUT2D eigenvalue weighted by atomic mass is 10.0. The van der Waals surface area contributed by atoms with Gasteiger partial charge in [-0.15, -0.1) is 0 Å². The number of carbonyl (C=O) groups is 1. The molecule has 7 heteroatoms. The molecule has 1 saturated heterocycles. The van der Waals surface area contributed by atoms with Gasteiger partial charge in [-0.3, -0.25) is 9.69 Å². The molecule has 2 aromatic carbocycles. The number of carbonyl (C=O) groups excluding carboxylic acids is 1. The standard InChI is InChI=1S/C23H28N4O2S/c1-16-8-9-20-21(11-16)26-23(25-20)30-15-22(28)24-18-6-4-10-27(14-18)13-17-5-3-7-19(12-17)29-2/h3,5,7-9,11-12,18H,4,6,10,13-15H2,1-2H3,(H,24,28)(H,25,26)/t18-/m1/s1. The number of piperidine rings is 1. The maximum atomic E-state index is 12.5. The summed E-state index contributed by atoms with van der Waals surface area (Å²) < 4.78 is 5.32. The van der Waals surface area contributed by atoms with E-state index in [0.29, 0.717) is 5.75 Å². The number of benzene rings is 2. The van der Waals surface area contributed by atoms with E-state index in [2.05, 4.69) is 45.3 Å². The van der Waals surface area contributed by atoms with Crippen molar-refractivity contribution in [1.29, 1.82) is 0 Å². The molecule has 1 aromatic heterocycles. The number of fused-ring (bicyclic) bond motifs is 1. The van der Waals surface area contributed by atoms with Gasteiger partial charge < -0.3 is 15.0 Å². The van der Waals surface area contributed by atoms with Crippen molar-refractivity contribution >= 4 is 28.7 Å². The second-order valence-electron chi connectivity index (χ2n) is 7.84. The Morgan fingerprint density at radius 2 is 2.23 bits per heavy atom. The highest BCUT2D eigenvalue weighted by Gasteiger charge is 2.21. The molecule has 1 amide bonds. The third-order valence-electron chi connectivity index (χ3n) is 5.37. The van der Waals surface area contributed by atoms with Gasteiger partial charge in [-0.05, 0) is 61.7 Å². The van der Waals surface area contributed by atoms with Crippen LogP contribution in [0.1, 0.15) is 24.0 Å². The molecule has 6 nitrogen and oxygen atoms in total. The Morgan fingerprint density at radius 1 is 1.33 bits per heavy atom. The summed E-state index contributed by atoms with van der Waals surface area (Å²) in [6, 6.07) is 14.5. The molecular weight excluding hydrogens is 396 g/mol. The fourth-order valence-electron chi connectivity index (χ4n) is 3.92. The molecule has 158 valence electrons. The first-order valence-electron chi connectivity index (χ1n) is 10.3. The van der Waals surface area contributed by atoms with Gasteiger partial charge in [0, 0.05) is 19.1 Å². The van der Waals surface area contributed by atoms with Crippen molar-refractivity contribution in [2.45, 2.75) is 37.5 Å². The molecule has 0 unspecified atom stereocenters. The average Bonchev–Trinajstić information content (AvgIpc) is 3.15. The first-order valence-corrected chi connectivity index (χ1v) is 11.3. The number of likely N-dealkylation sites (tertiary alicyclic amines) is 1. The zero-order valence-electron chi connectivity index (χ0n) is 17.5. The minimum Gasteiger partial charge on any atom is -0.497 e. The second-order valence-corrected chi connectivity index (χ2v) is 8.81. The molecule has 2 N–H and O–H groups in total. The quantitative estimate of drug-likeness (QED) is 0.565. The second kappa shape index (κ2) is 9.53. The number of rotatable bonds is 7. The maximum absolute atomic E-state index is 12.5. The molecule has 4 rings (SSSR count). The summed E-state index contributed by atoms with van der Waals surface area (Å²) in [4.78, 5) is 22.7. The van der Waals surface area contributed by atoms with Crippen LogP contribution < -0.4 is 10.1 Å². The predicted molar refractivity (Wildman–Crippen MR) is 121 cm³/mol. The van der Waals surface area contributed by atoms with Crippen LogP contribution >= 0.6 is 11.8 Å². The van der Waals surface area contributed by atoms with Crippen LogP contribution in [0.2, 0.25) is 0 Å². The van der Waals surface area contributed by atoms with Crippen LogP contribution in [0, 0.1) is 6.92 Å². The molecule has 0 radical (unpaired) electrons. The Labute approximate surface area is 181 Å². The maximum Gasteiger partial charge on any atom is 0.230 e. The summed E-state index contributed by atoms with van der Waals surface area (Å²) in [6.45, 7) is 4.85. The fourth-order valence-corrected chi connectivity index (χ4v) is 4.61. The van der Waals surface area contributed by atoms with Crippen molar-refractivity contribution in [1.82, 2.24) is 20.2 Å². The number of thioether (sulfide) groups is 1. The van der Waals surface area contributed by atoms with Crippen LogP contribution in [-0.2, 0) is 11.3 Å². The minimum atomic E-state index is 0.0601. The number of amides is 1. The number of hydrogen-bond acceptors (Lipinski definition) is 5. The van der Waals surface area contributed by atoms with E-state index in [1.807, 2.05) is 24.3 Å². The van der Waals surface area contributed by atoms with Gasteiger partial charge in [-0.25, -0.2) is 4.98 Å². The average molecular weight is 425 g/mol. The van der Waals surface area contributed by atoms with Gasteiger partial charge in [0.2, 0.25) is 5.91 Å². The third kappa shape index (κ3) is 5.34. The number of aromatic amines is 1. The van der Waals surface area contributed by atoms with Crippen molar-refractivity contribution in [3.63, 3.8) is 0 Å². The number of aromatic nitrogens is 2. The molecular formula is C23H28N4O2S. The summed E-state index contributed by atoms with van der Waals surface area (Å²) in [7, 11) is 1.69. The minimum absolute atomic E-state index is 0.0601. The van der Waals surface area contributed by atoms with E-state index in [4.69, 9.17) is 4.74 Å². The summed E-state index contributed by atoms with van der Waals surface area (Å²) in [5.74, 6) is 1.31. The number of aryl methyl sites for hydroxylation is 1. The van der Waals surface area contributed by atoms with Crippen molar-refractivity contribution in [2.24, 2.45) is 0 Å². The predicted octanol–water partition coefficient (Wildman–Crippen LogP) is 3.75. The van der Waals surface area contributed by atoms with Crippen molar-refractivity contribution < 1.29 is 9.53 Å². The summed E-state index contributed by atoms with van der Waals surface area (Å²) in [5.41, 5.74) is 4.37. The first kappa shape index (κ1) is 20.8. The molecule has 1 aliphatic rings. The van der Waals surface area contributed by atoms with E-state index in [9.17, 15) is 4.79 Å². The van der Waals surface area contributed by atoms with Gasteiger partial charge in [0.1, 0.15) is 5.75 Å².